The molecule has 2 aromatic heterocycles. The quantitative estimate of drug-likeness (QED) is 0.418. The van der Waals surface area contributed by atoms with Crippen LogP contribution in [0.15, 0.2) is 85.5 Å². The number of ether oxygens (including phenoxy) is 1. The molecule has 0 bridgehead atoms. The second-order valence-corrected chi connectivity index (χ2v) is 7.32. The third kappa shape index (κ3) is 5.00. The number of aromatic nitrogens is 3. The van der Waals surface area contributed by atoms with E-state index in [2.05, 4.69) is 9.97 Å². The molecule has 0 saturated carbocycles. The van der Waals surface area contributed by atoms with Crippen LogP contribution in [0.3, 0.4) is 0 Å². The highest BCUT2D eigenvalue weighted by Gasteiger charge is 2.21. The van der Waals surface area contributed by atoms with Crippen molar-refractivity contribution < 1.29 is 13.9 Å². The fraction of sp³-hybridized carbons (Fsp3) is 0.160. The second kappa shape index (κ2) is 9.87. The van der Waals surface area contributed by atoms with E-state index in [0.717, 1.165) is 16.9 Å². The summed E-state index contributed by atoms with van der Waals surface area (Å²) in [4.78, 5) is 23.4. The molecule has 0 aliphatic carbocycles. The molecule has 4 aromatic rings. The summed E-state index contributed by atoms with van der Waals surface area (Å²) in [6.45, 7) is 1.11. The molecule has 162 valence electrons. The number of hydrogen-bond donors (Lipinski definition) is 0. The van der Waals surface area contributed by atoms with Crippen molar-refractivity contribution in [2.24, 2.45) is 0 Å². The first-order valence-electron chi connectivity index (χ1n) is 10.2. The summed E-state index contributed by atoms with van der Waals surface area (Å²) < 4.78 is 21.6. The van der Waals surface area contributed by atoms with Gasteiger partial charge in [0, 0.05) is 37.9 Å². The van der Waals surface area contributed by atoms with Gasteiger partial charge in [0.25, 0.3) is 5.91 Å². The van der Waals surface area contributed by atoms with Gasteiger partial charge in [0.15, 0.2) is 0 Å². The lowest BCUT2D eigenvalue weighted by Gasteiger charge is -2.23. The topological polar surface area (TPSA) is 60.2 Å². The molecular formula is C25H23FN4O2. The highest BCUT2D eigenvalue weighted by molar-refractivity contribution is 5.94. The van der Waals surface area contributed by atoms with Crippen LogP contribution < -0.4 is 4.74 Å². The summed E-state index contributed by atoms with van der Waals surface area (Å²) in [5.41, 5.74) is 1.96. The molecule has 0 fully saturated rings. The Morgan fingerprint density at radius 3 is 2.53 bits per heavy atom. The van der Waals surface area contributed by atoms with E-state index in [-0.39, 0.29) is 18.7 Å². The summed E-state index contributed by atoms with van der Waals surface area (Å²) in [6.07, 6.45) is 6.95. The van der Waals surface area contributed by atoms with Crippen molar-refractivity contribution in [2.75, 3.05) is 7.11 Å². The Morgan fingerprint density at radius 1 is 1.00 bits per heavy atom. The van der Waals surface area contributed by atoms with Crippen molar-refractivity contribution in [3.05, 3.63) is 114 Å². The molecule has 0 spiro atoms. The highest BCUT2D eigenvalue weighted by Crippen LogP contribution is 2.17. The van der Waals surface area contributed by atoms with Gasteiger partial charge >= 0.3 is 0 Å². The largest absolute Gasteiger partial charge is 0.497 e. The molecule has 0 unspecified atom stereocenters. The summed E-state index contributed by atoms with van der Waals surface area (Å²) in [5, 5.41) is 0. The van der Waals surface area contributed by atoms with Gasteiger partial charge < -0.3 is 14.2 Å². The zero-order valence-electron chi connectivity index (χ0n) is 17.7. The molecule has 4 rings (SSSR count). The molecular weight excluding hydrogens is 407 g/mol. The predicted octanol–water partition coefficient (Wildman–Crippen LogP) is 4.32. The maximum Gasteiger partial charge on any atom is 0.257 e. The molecule has 32 heavy (non-hydrogen) atoms. The third-order valence-corrected chi connectivity index (χ3v) is 5.13. The molecule has 0 aliphatic rings. The molecule has 0 aliphatic heterocycles. The summed E-state index contributed by atoms with van der Waals surface area (Å²) in [7, 11) is 1.63. The van der Waals surface area contributed by atoms with Crippen molar-refractivity contribution in [2.45, 2.75) is 19.6 Å². The van der Waals surface area contributed by atoms with Crippen molar-refractivity contribution in [1.29, 1.82) is 0 Å². The molecule has 0 radical (unpaired) electrons. The van der Waals surface area contributed by atoms with Gasteiger partial charge in [-0.2, -0.15) is 0 Å². The average molecular weight is 430 g/mol. The summed E-state index contributed by atoms with van der Waals surface area (Å²) >= 11 is 0. The number of carbonyl (C=O) groups is 1. The van der Waals surface area contributed by atoms with Crippen LogP contribution in [0.25, 0.3) is 0 Å². The Bertz CT molecular complexity index is 1180. The minimum atomic E-state index is -0.546. The van der Waals surface area contributed by atoms with Gasteiger partial charge in [-0.25, -0.2) is 9.37 Å². The Labute approximate surface area is 185 Å². The normalized spacial score (nSPS) is 10.7. The minimum Gasteiger partial charge on any atom is -0.497 e. The van der Waals surface area contributed by atoms with Crippen LogP contribution >= 0.6 is 0 Å². The van der Waals surface area contributed by atoms with Crippen LogP contribution in [0.4, 0.5) is 4.39 Å². The van der Waals surface area contributed by atoms with Gasteiger partial charge in [-0.05, 0) is 41.5 Å². The SMILES string of the molecule is COc1ccc(Cn2ccnc2CN(Cc2cccnc2)C(=O)c2ccccc2F)cc1. The Morgan fingerprint density at radius 2 is 1.81 bits per heavy atom. The maximum atomic E-state index is 14.4. The lowest BCUT2D eigenvalue weighted by Crippen LogP contribution is -2.32. The zero-order valence-corrected chi connectivity index (χ0v) is 17.7. The first kappa shape index (κ1) is 21.2. The van der Waals surface area contributed by atoms with E-state index in [1.165, 1.54) is 12.1 Å². The van der Waals surface area contributed by atoms with Gasteiger partial charge in [-0.3, -0.25) is 9.78 Å². The minimum absolute atomic E-state index is 0.0321. The Kier molecular flexibility index (Phi) is 6.55. The van der Waals surface area contributed by atoms with E-state index in [9.17, 15) is 9.18 Å². The number of halogens is 1. The van der Waals surface area contributed by atoms with Gasteiger partial charge in [0.1, 0.15) is 17.4 Å². The summed E-state index contributed by atoms with van der Waals surface area (Å²) in [6, 6.07) is 17.5. The number of rotatable bonds is 8. The number of pyridine rings is 1. The van der Waals surface area contributed by atoms with Crippen molar-refractivity contribution >= 4 is 5.91 Å². The van der Waals surface area contributed by atoms with Crippen LogP contribution in [0.2, 0.25) is 0 Å². The smallest absolute Gasteiger partial charge is 0.257 e. The van der Waals surface area contributed by atoms with Gasteiger partial charge in [-0.1, -0.05) is 30.3 Å². The molecule has 0 atom stereocenters. The van der Waals surface area contributed by atoms with E-state index in [4.69, 9.17) is 4.74 Å². The number of benzene rings is 2. The molecule has 1 amide bonds. The first-order chi connectivity index (χ1) is 15.6. The monoisotopic (exact) mass is 430 g/mol. The predicted molar refractivity (Wildman–Crippen MR) is 119 cm³/mol. The summed E-state index contributed by atoms with van der Waals surface area (Å²) in [5.74, 6) is 0.549. The number of hydrogen-bond acceptors (Lipinski definition) is 4. The molecule has 2 aromatic carbocycles. The van der Waals surface area contributed by atoms with Crippen molar-refractivity contribution in [1.82, 2.24) is 19.4 Å². The van der Waals surface area contributed by atoms with Crippen molar-refractivity contribution in [3.63, 3.8) is 0 Å². The van der Waals surface area contributed by atoms with Crippen LogP contribution in [0.5, 0.6) is 5.75 Å². The van der Waals surface area contributed by atoms with Crippen LogP contribution in [-0.4, -0.2) is 32.5 Å². The molecule has 0 N–H and O–H groups in total. The molecule has 0 saturated heterocycles. The number of carbonyl (C=O) groups excluding carboxylic acids is 1. The van der Waals surface area contributed by atoms with E-state index in [0.29, 0.717) is 12.4 Å². The van der Waals surface area contributed by atoms with Crippen LogP contribution in [0, 0.1) is 5.82 Å². The van der Waals surface area contributed by atoms with Gasteiger partial charge in [-0.15, -0.1) is 0 Å². The van der Waals surface area contributed by atoms with Crippen LogP contribution in [-0.2, 0) is 19.6 Å². The fourth-order valence-corrected chi connectivity index (χ4v) is 3.45. The molecule has 6 nitrogen and oxygen atoms in total. The Balaban J connectivity index is 1.59. The van der Waals surface area contributed by atoms with E-state index in [1.54, 1.807) is 42.7 Å². The van der Waals surface area contributed by atoms with E-state index in [1.807, 2.05) is 47.2 Å². The Hall–Kier alpha value is -4.00. The first-order valence-corrected chi connectivity index (χ1v) is 10.2. The molecule has 2 heterocycles. The number of methoxy groups -OCH3 is 1. The third-order valence-electron chi connectivity index (χ3n) is 5.13. The standard InChI is InChI=1S/C25H23FN4O2/c1-32-21-10-8-19(9-11-21)16-29-14-13-28-24(29)18-30(17-20-5-4-12-27-15-20)25(31)22-6-2-3-7-23(22)26/h2-15H,16-18H2,1H3. The maximum absolute atomic E-state index is 14.4. The van der Waals surface area contributed by atoms with Crippen LogP contribution in [0.1, 0.15) is 27.3 Å². The average Bonchev–Trinajstić information content (AvgIpc) is 3.26. The molecule has 7 heteroatoms. The highest BCUT2D eigenvalue weighted by atomic mass is 19.1. The zero-order chi connectivity index (χ0) is 22.3. The number of nitrogens with zero attached hydrogens (tertiary/aromatic N) is 4. The lowest BCUT2D eigenvalue weighted by atomic mass is 10.1. The van der Waals surface area contributed by atoms with Crippen molar-refractivity contribution in [3.8, 4) is 5.75 Å². The van der Waals surface area contributed by atoms with Gasteiger partial charge in [0.05, 0.1) is 19.2 Å². The van der Waals surface area contributed by atoms with E-state index >= 15 is 0 Å². The number of amides is 1. The fourth-order valence-electron chi connectivity index (χ4n) is 3.45. The number of imidazole rings is 1. The second-order valence-electron chi connectivity index (χ2n) is 7.32. The van der Waals surface area contributed by atoms with Gasteiger partial charge in [0.2, 0.25) is 0 Å². The lowest BCUT2D eigenvalue weighted by molar-refractivity contribution is 0.0719. The van der Waals surface area contributed by atoms with E-state index < -0.39 is 11.7 Å².